The van der Waals surface area contributed by atoms with Gasteiger partial charge in [-0.1, -0.05) is 26.0 Å². The molecule has 0 saturated heterocycles. The molecule has 3 fully saturated rings. The Bertz CT molecular complexity index is 807. The van der Waals surface area contributed by atoms with Crippen LogP contribution in [0.15, 0.2) is 23.8 Å². The molecule has 4 aliphatic carbocycles. The van der Waals surface area contributed by atoms with Crippen LogP contribution < -0.4 is 0 Å². The molecule has 3 saturated carbocycles. The number of fused-ring (bicyclic) bond motifs is 5. The van der Waals surface area contributed by atoms with E-state index in [1.54, 1.807) is 6.92 Å². The fourth-order valence-corrected chi connectivity index (χ4v) is 7.63. The zero-order chi connectivity index (χ0) is 20.5. The van der Waals surface area contributed by atoms with E-state index in [1.807, 2.05) is 6.08 Å². The molecule has 152 valence electrons. The Morgan fingerprint density at radius 1 is 1.11 bits per heavy atom. The molecule has 0 radical (unpaired) electrons. The highest BCUT2D eigenvalue weighted by molar-refractivity contribution is 5.92. The van der Waals surface area contributed by atoms with Gasteiger partial charge in [0.05, 0.1) is 0 Å². The Hall–Kier alpha value is -1.71. The minimum atomic E-state index is -0.991. The summed E-state index contributed by atoms with van der Waals surface area (Å²) in [5, 5.41) is 0. The Kier molecular flexibility index (Phi) is 4.30. The van der Waals surface area contributed by atoms with E-state index in [0.29, 0.717) is 30.6 Å². The van der Waals surface area contributed by atoms with E-state index in [4.69, 9.17) is 4.74 Å². The molecular weight excluding hydrogens is 352 g/mol. The summed E-state index contributed by atoms with van der Waals surface area (Å²) in [5.74, 6) is 1.10. The number of ether oxygens (including phenoxy) is 1. The molecule has 6 atom stereocenters. The number of Topliss-reactive ketones (excluding diaryl/α,β-unsaturated/α-hetero) is 1. The van der Waals surface area contributed by atoms with Crippen molar-refractivity contribution in [1.82, 2.24) is 0 Å². The number of allylic oxidation sites excluding steroid dienone is 2. The van der Waals surface area contributed by atoms with E-state index in [9.17, 15) is 14.4 Å². The topological polar surface area (TPSA) is 60.4 Å². The van der Waals surface area contributed by atoms with E-state index in [-0.39, 0.29) is 28.4 Å². The van der Waals surface area contributed by atoms with Gasteiger partial charge in [0.1, 0.15) is 0 Å². The molecule has 0 aromatic carbocycles. The molecule has 0 N–H and O–H groups in total. The fraction of sp³-hybridized carbons (Fsp3) is 0.708. The van der Waals surface area contributed by atoms with Crippen molar-refractivity contribution in [3.05, 3.63) is 23.8 Å². The zero-order valence-electron chi connectivity index (χ0n) is 17.6. The Balaban J connectivity index is 1.75. The van der Waals surface area contributed by atoms with Gasteiger partial charge in [-0.05, 0) is 80.3 Å². The summed E-state index contributed by atoms with van der Waals surface area (Å²) in [6, 6.07) is 0. The summed E-state index contributed by atoms with van der Waals surface area (Å²) < 4.78 is 5.82. The number of ketones is 2. The van der Waals surface area contributed by atoms with E-state index in [0.717, 1.165) is 37.7 Å². The number of carbonyl (C=O) groups is 3. The van der Waals surface area contributed by atoms with Gasteiger partial charge in [0, 0.05) is 18.8 Å². The molecule has 0 bridgehead atoms. The van der Waals surface area contributed by atoms with Crippen molar-refractivity contribution in [2.75, 3.05) is 0 Å². The molecular formula is C24H32O4. The predicted molar refractivity (Wildman–Crippen MR) is 106 cm³/mol. The minimum absolute atomic E-state index is 0.00184. The Morgan fingerprint density at radius 2 is 1.79 bits per heavy atom. The summed E-state index contributed by atoms with van der Waals surface area (Å²) in [6.45, 7) is 11.8. The second-order valence-electron chi connectivity index (χ2n) is 10.1. The first-order valence-corrected chi connectivity index (χ1v) is 10.7. The highest BCUT2D eigenvalue weighted by atomic mass is 16.6. The van der Waals surface area contributed by atoms with Crippen molar-refractivity contribution in [2.45, 2.75) is 78.2 Å². The molecule has 28 heavy (non-hydrogen) atoms. The fourth-order valence-electron chi connectivity index (χ4n) is 7.63. The van der Waals surface area contributed by atoms with Crippen molar-refractivity contribution in [2.24, 2.45) is 28.6 Å². The third-order valence-electron chi connectivity index (χ3n) is 8.94. The van der Waals surface area contributed by atoms with Crippen LogP contribution in [0.4, 0.5) is 0 Å². The van der Waals surface area contributed by atoms with Crippen molar-refractivity contribution in [3.63, 3.8) is 0 Å². The first-order valence-electron chi connectivity index (χ1n) is 10.7. The first-order chi connectivity index (χ1) is 13.0. The lowest BCUT2D eigenvalue weighted by atomic mass is 9.45. The molecule has 0 amide bonds. The molecule has 0 heterocycles. The molecule has 4 aliphatic rings. The second kappa shape index (κ2) is 6.14. The molecule has 0 aromatic heterocycles. The molecule has 4 nitrogen and oxygen atoms in total. The third-order valence-corrected chi connectivity index (χ3v) is 8.94. The van der Waals surface area contributed by atoms with Gasteiger partial charge in [0.2, 0.25) is 0 Å². The number of hydrogen-bond donors (Lipinski definition) is 0. The van der Waals surface area contributed by atoms with Crippen LogP contribution in [0.1, 0.15) is 72.6 Å². The van der Waals surface area contributed by atoms with Gasteiger partial charge in [0.15, 0.2) is 17.2 Å². The van der Waals surface area contributed by atoms with Crippen LogP contribution in [0.3, 0.4) is 0 Å². The average molecular weight is 385 g/mol. The molecule has 0 aromatic rings. The van der Waals surface area contributed by atoms with Gasteiger partial charge in [0.25, 0.3) is 0 Å². The third kappa shape index (κ3) is 2.39. The Labute approximate surface area is 167 Å². The van der Waals surface area contributed by atoms with Gasteiger partial charge >= 0.3 is 5.97 Å². The number of esters is 1. The summed E-state index contributed by atoms with van der Waals surface area (Å²) in [4.78, 5) is 36.7. The lowest BCUT2D eigenvalue weighted by Gasteiger charge is -2.59. The quantitative estimate of drug-likeness (QED) is 0.654. The predicted octanol–water partition coefficient (Wildman–Crippen LogP) is 4.58. The highest BCUT2D eigenvalue weighted by Crippen LogP contribution is 2.68. The van der Waals surface area contributed by atoms with Gasteiger partial charge < -0.3 is 4.74 Å². The smallest absolute Gasteiger partial charge is 0.303 e. The first kappa shape index (κ1) is 19.6. The van der Waals surface area contributed by atoms with Crippen molar-refractivity contribution < 1.29 is 19.1 Å². The van der Waals surface area contributed by atoms with Crippen molar-refractivity contribution >= 4 is 17.5 Å². The number of carbonyl (C=O) groups excluding carboxylic acids is 3. The summed E-state index contributed by atoms with van der Waals surface area (Å²) in [5.41, 5.74) is 0.944. The van der Waals surface area contributed by atoms with Crippen LogP contribution in [-0.4, -0.2) is 23.1 Å². The van der Waals surface area contributed by atoms with Crippen LogP contribution >= 0.6 is 0 Å². The van der Waals surface area contributed by atoms with Gasteiger partial charge in [-0.2, -0.15) is 0 Å². The van der Waals surface area contributed by atoms with E-state index in [2.05, 4.69) is 20.4 Å². The second-order valence-corrected chi connectivity index (χ2v) is 10.1. The maximum absolute atomic E-state index is 12.8. The largest absolute Gasteiger partial charge is 0.451 e. The van der Waals surface area contributed by atoms with E-state index >= 15 is 0 Å². The summed E-state index contributed by atoms with van der Waals surface area (Å²) in [7, 11) is 0. The molecule has 4 heteroatoms. The van der Waals surface area contributed by atoms with Gasteiger partial charge in [-0.15, -0.1) is 0 Å². The number of hydrogen-bond acceptors (Lipinski definition) is 4. The van der Waals surface area contributed by atoms with Crippen molar-refractivity contribution in [3.8, 4) is 0 Å². The molecule has 0 aliphatic heterocycles. The van der Waals surface area contributed by atoms with Crippen molar-refractivity contribution in [1.29, 1.82) is 0 Å². The Morgan fingerprint density at radius 3 is 2.43 bits per heavy atom. The maximum Gasteiger partial charge on any atom is 0.303 e. The molecule has 0 unspecified atom stereocenters. The summed E-state index contributed by atoms with van der Waals surface area (Å²) >= 11 is 0. The lowest BCUT2D eigenvalue weighted by Crippen LogP contribution is -2.58. The SMILES string of the molecule is C=C1C[C@H]2[C@@H](CC[C@@]3(C)[C@H]2CC[C@]3(OC(C)=O)C(C)=O)[C@@]2(C)CCC(=O)C=C12. The molecule has 0 spiro atoms. The van der Waals surface area contributed by atoms with Gasteiger partial charge in [-0.25, -0.2) is 0 Å². The van der Waals surface area contributed by atoms with E-state index < -0.39 is 5.60 Å². The normalized spacial score (nSPS) is 44.9. The van der Waals surface area contributed by atoms with E-state index in [1.165, 1.54) is 12.5 Å². The monoisotopic (exact) mass is 384 g/mol. The standard InChI is InChI=1S/C24H32O4/c1-14-12-18-19(22(4)9-6-17(27)13-21(14)22)7-10-23(5)20(18)8-11-24(23,15(2)25)28-16(3)26/h13,18-20H,1,6-12H2,2-5H3/t18-,19+,20-,22+,23-,24-/m0/s1. The minimum Gasteiger partial charge on any atom is -0.451 e. The number of rotatable bonds is 2. The average Bonchev–Trinajstić information content (AvgIpc) is 2.90. The van der Waals surface area contributed by atoms with Crippen LogP contribution in [0.2, 0.25) is 0 Å². The highest BCUT2D eigenvalue weighted by Gasteiger charge is 2.68. The van der Waals surface area contributed by atoms with Crippen LogP contribution in [0.25, 0.3) is 0 Å². The lowest BCUT2D eigenvalue weighted by molar-refractivity contribution is -0.186. The van der Waals surface area contributed by atoms with Crippen LogP contribution in [-0.2, 0) is 19.1 Å². The van der Waals surface area contributed by atoms with Crippen LogP contribution in [0, 0.1) is 28.6 Å². The van der Waals surface area contributed by atoms with Gasteiger partial charge in [-0.3, -0.25) is 14.4 Å². The maximum atomic E-state index is 12.8. The summed E-state index contributed by atoms with van der Waals surface area (Å²) in [6.07, 6.45) is 7.66. The molecule has 4 rings (SSSR count). The zero-order valence-corrected chi connectivity index (χ0v) is 17.6. The van der Waals surface area contributed by atoms with Crippen LogP contribution in [0.5, 0.6) is 0 Å².